The first-order valence-corrected chi connectivity index (χ1v) is 10.5. The van der Waals surface area contributed by atoms with Crippen molar-refractivity contribution in [2.45, 2.75) is 19.4 Å². The first kappa shape index (κ1) is 22.3. The zero-order valence-electron chi connectivity index (χ0n) is 18.2. The van der Waals surface area contributed by atoms with Crippen molar-refractivity contribution in [3.8, 4) is 5.75 Å². The highest BCUT2D eigenvalue weighted by Gasteiger charge is 2.44. The summed E-state index contributed by atoms with van der Waals surface area (Å²) in [6.45, 7) is 1.93. The first-order valence-electron chi connectivity index (χ1n) is 10.5. The molecule has 2 aromatic carbocycles. The highest BCUT2D eigenvalue weighted by Crippen LogP contribution is 2.40. The number of esters is 1. The lowest BCUT2D eigenvalue weighted by Crippen LogP contribution is -2.32. The zero-order valence-corrected chi connectivity index (χ0v) is 18.2. The first-order chi connectivity index (χ1) is 15.9. The van der Waals surface area contributed by atoms with Crippen molar-refractivity contribution in [2.24, 2.45) is 0 Å². The number of Topliss-reactive ketones (excluding diaryl/α,β-unsaturated/α-hetero) is 1. The quantitative estimate of drug-likeness (QED) is 0.240. The number of carbonyl (C=O) groups excluding carboxylic acids is 3. The van der Waals surface area contributed by atoms with E-state index in [9.17, 15) is 19.5 Å². The van der Waals surface area contributed by atoms with E-state index in [0.29, 0.717) is 24.2 Å². The molecular weight excluding hydrogens is 426 g/mol. The highest BCUT2D eigenvalue weighted by molar-refractivity contribution is 6.16. The standard InChI is InChI=1S/C25H23NO7/c1-15(27)32-18-9-5-8-17(13-18)22-21(24(29)25(30)26(22)11-6-12-31-2)23(28)20-14-16-7-3-4-10-19(16)33-20/h3-5,7-10,13-14,22,29H,6,11-12H2,1-2H3. The summed E-state index contributed by atoms with van der Waals surface area (Å²) < 4.78 is 16.0. The van der Waals surface area contributed by atoms with Crippen LogP contribution in [0, 0.1) is 0 Å². The lowest BCUT2D eigenvalue weighted by molar-refractivity contribution is -0.132. The van der Waals surface area contributed by atoms with Gasteiger partial charge in [-0.3, -0.25) is 14.4 Å². The van der Waals surface area contributed by atoms with Gasteiger partial charge in [-0.05, 0) is 36.2 Å². The van der Waals surface area contributed by atoms with Crippen LogP contribution in [-0.2, 0) is 14.3 Å². The largest absolute Gasteiger partial charge is 0.503 e. The van der Waals surface area contributed by atoms with Crippen LogP contribution in [0.1, 0.15) is 35.5 Å². The van der Waals surface area contributed by atoms with Crippen molar-refractivity contribution in [3.05, 3.63) is 77.3 Å². The third kappa shape index (κ3) is 4.38. The minimum Gasteiger partial charge on any atom is -0.503 e. The zero-order chi connectivity index (χ0) is 23.5. The Morgan fingerprint density at radius 2 is 1.91 bits per heavy atom. The van der Waals surface area contributed by atoms with Gasteiger partial charge in [-0.1, -0.05) is 30.3 Å². The molecule has 1 amide bonds. The lowest BCUT2D eigenvalue weighted by atomic mass is 9.94. The van der Waals surface area contributed by atoms with Gasteiger partial charge in [-0.2, -0.15) is 0 Å². The van der Waals surface area contributed by atoms with Gasteiger partial charge in [-0.15, -0.1) is 0 Å². The maximum absolute atomic E-state index is 13.5. The number of ketones is 1. The summed E-state index contributed by atoms with van der Waals surface area (Å²) in [4.78, 5) is 39.3. The normalized spacial score (nSPS) is 16.0. The molecule has 1 aliphatic rings. The number of aliphatic hydroxyl groups excluding tert-OH is 1. The number of methoxy groups -OCH3 is 1. The monoisotopic (exact) mass is 449 g/mol. The third-order valence-electron chi connectivity index (χ3n) is 5.38. The van der Waals surface area contributed by atoms with Gasteiger partial charge in [0.1, 0.15) is 11.3 Å². The number of amides is 1. The maximum atomic E-state index is 13.5. The Labute approximate surface area is 190 Å². The molecule has 0 saturated heterocycles. The van der Waals surface area contributed by atoms with Gasteiger partial charge >= 0.3 is 5.97 Å². The van der Waals surface area contributed by atoms with E-state index in [4.69, 9.17) is 13.9 Å². The molecule has 1 N–H and O–H groups in total. The number of fused-ring (bicyclic) bond motifs is 1. The number of furan rings is 1. The van der Waals surface area contributed by atoms with Gasteiger partial charge in [0.15, 0.2) is 11.5 Å². The van der Waals surface area contributed by atoms with Gasteiger partial charge in [0.25, 0.3) is 5.91 Å². The van der Waals surface area contributed by atoms with E-state index in [0.717, 1.165) is 5.39 Å². The molecule has 0 aliphatic carbocycles. The lowest BCUT2D eigenvalue weighted by Gasteiger charge is -2.26. The van der Waals surface area contributed by atoms with Crippen LogP contribution in [0.4, 0.5) is 0 Å². The van der Waals surface area contributed by atoms with Crippen LogP contribution in [0.3, 0.4) is 0 Å². The molecule has 2 heterocycles. The third-order valence-corrected chi connectivity index (χ3v) is 5.38. The fourth-order valence-corrected chi connectivity index (χ4v) is 3.98. The number of nitrogens with zero attached hydrogens (tertiary/aromatic N) is 1. The second-order valence-corrected chi connectivity index (χ2v) is 7.65. The van der Waals surface area contributed by atoms with E-state index >= 15 is 0 Å². The van der Waals surface area contributed by atoms with Gasteiger partial charge < -0.3 is 23.9 Å². The van der Waals surface area contributed by atoms with E-state index < -0.39 is 29.5 Å². The average molecular weight is 449 g/mol. The van der Waals surface area contributed by atoms with Crippen LogP contribution in [0.25, 0.3) is 11.0 Å². The molecule has 1 aromatic heterocycles. The van der Waals surface area contributed by atoms with Crippen LogP contribution in [0.15, 0.2) is 70.3 Å². The summed E-state index contributed by atoms with van der Waals surface area (Å²) in [7, 11) is 1.55. The number of aliphatic hydroxyl groups is 1. The summed E-state index contributed by atoms with van der Waals surface area (Å²) in [6.07, 6.45) is 0.502. The summed E-state index contributed by atoms with van der Waals surface area (Å²) in [6, 6.07) is 14.4. The van der Waals surface area contributed by atoms with Crippen molar-refractivity contribution in [1.82, 2.24) is 4.90 Å². The van der Waals surface area contributed by atoms with Gasteiger partial charge in [0, 0.05) is 32.6 Å². The number of carbonyl (C=O) groups is 3. The van der Waals surface area contributed by atoms with Crippen molar-refractivity contribution < 1.29 is 33.4 Å². The van der Waals surface area contributed by atoms with Crippen molar-refractivity contribution in [2.75, 3.05) is 20.3 Å². The summed E-state index contributed by atoms with van der Waals surface area (Å²) in [5, 5.41) is 11.5. The Morgan fingerprint density at radius 3 is 2.64 bits per heavy atom. The fraction of sp³-hybridized carbons (Fsp3) is 0.240. The summed E-state index contributed by atoms with van der Waals surface area (Å²) in [5.41, 5.74) is 0.954. The fourth-order valence-electron chi connectivity index (χ4n) is 3.98. The number of para-hydroxylation sites is 1. The van der Waals surface area contributed by atoms with Gasteiger partial charge in [-0.25, -0.2) is 0 Å². The summed E-state index contributed by atoms with van der Waals surface area (Å²) >= 11 is 0. The van der Waals surface area contributed by atoms with Crippen LogP contribution < -0.4 is 4.74 Å². The Bertz CT molecular complexity index is 1220. The highest BCUT2D eigenvalue weighted by atomic mass is 16.5. The Kier molecular flexibility index (Phi) is 6.28. The van der Waals surface area contributed by atoms with Gasteiger partial charge in [0.05, 0.1) is 11.6 Å². The van der Waals surface area contributed by atoms with Gasteiger partial charge in [0.2, 0.25) is 5.78 Å². The molecule has 0 spiro atoms. The molecule has 1 unspecified atom stereocenters. The van der Waals surface area contributed by atoms with E-state index in [1.54, 1.807) is 55.6 Å². The average Bonchev–Trinajstić information content (AvgIpc) is 3.33. The van der Waals surface area contributed by atoms with E-state index in [-0.39, 0.29) is 23.6 Å². The van der Waals surface area contributed by atoms with Crippen LogP contribution in [0.5, 0.6) is 5.75 Å². The van der Waals surface area contributed by atoms with Crippen molar-refractivity contribution in [1.29, 1.82) is 0 Å². The Balaban J connectivity index is 1.77. The predicted octanol–water partition coefficient (Wildman–Crippen LogP) is 3.97. The van der Waals surface area contributed by atoms with Crippen LogP contribution >= 0.6 is 0 Å². The molecule has 8 heteroatoms. The maximum Gasteiger partial charge on any atom is 0.308 e. The molecule has 0 bridgehead atoms. The van der Waals surface area contributed by atoms with Crippen molar-refractivity contribution in [3.63, 3.8) is 0 Å². The van der Waals surface area contributed by atoms with E-state index in [2.05, 4.69) is 0 Å². The van der Waals surface area contributed by atoms with Crippen LogP contribution in [-0.4, -0.2) is 47.9 Å². The summed E-state index contributed by atoms with van der Waals surface area (Å²) in [5.74, 6) is -2.08. The number of ether oxygens (including phenoxy) is 2. The van der Waals surface area contributed by atoms with Crippen molar-refractivity contribution >= 4 is 28.6 Å². The number of benzene rings is 2. The second-order valence-electron chi connectivity index (χ2n) is 7.65. The van der Waals surface area contributed by atoms with E-state index in [1.165, 1.54) is 11.8 Å². The molecule has 4 rings (SSSR count). The molecule has 8 nitrogen and oxygen atoms in total. The smallest absolute Gasteiger partial charge is 0.308 e. The number of hydrogen-bond donors (Lipinski definition) is 1. The minimum atomic E-state index is -0.884. The number of rotatable bonds is 8. The molecule has 33 heavy (non-hydrogen) atoms. The molecule has 0 saturated carbocycles. The molecule has 1 atom stereocenters. The van der Waals surface area contributed by atoms with Crippen LogP contribution in [0.2, 0.25) is 0 Å². The Morgan fingerprint density at radius 1 is 1.12 bits per heavy atom. The number of hydrogen-bond acceptors (Lipinski definition) is 7. The molecule has 170 valence electrons. The molecular formula is C25H23NO7. The minimum absolute atomic E-state index is 0.0189. The molecule has 1 aliphatic heterocycles. The predicted molar refractivity (Wildman–Crippen MR) is 119 cm³/mol. The Hall–Kier alpha value is -3.91. The molecule has 0 fully saturated rings. The van der Waals surface area contributed by atoms with E-state index in [1.807, 2.05) is 6.07 Å². The SMILES string of the molecule is COCCCN1C(=O)C(O)=C(C(=O)c2cc3ccccc3o2)C1c1cccc(OC(C)=O)c1. The molecule has 0 radical (unpaired) electrons. The topological polar surface area (TPSA) is 106 Å². The molecule has 3 aromatic rings. The second kappa shape index (κ2) is 9.30.